The van der Waals surface area contributed by atoms with Gasteiger partial charge in [-0.2, -0.15) is 4.39 Å². The molecule has 3 rings (SSSR count). The molecule has 0 aliphatic carbocycles. The molecule has 162 valence electrons. The molecule has 0 bridgehead atoms. The molecule has 1 aromatic heterocycles. The summed E-state index contributed by atoms with van der Waals surface area (Å²) in [5, 5.41) is 10.6. The Morgan fingerprint density at radius 1 is 1.10 bits per heavy atom. The van der Waals surface area contributed by atoms with Crippen LogP contribution in [0.15, 0.2) is 33.9 Å². The molecule has 0 radical (unpaired) electrons. The molecule has 0 unspecified atom stereocenters. The van der Waals surface area contributed by atoms with Gasteiger partial charge < -0.3 is 9.64 Å². The summed E-state index contributed by atoms with van der Waals surface area (Å²) < 4.78 is 21.6. The monoisotopic (exact) mass is 421 g/mol. The average molecular weight is 421 g/mol. The van der Waals surface area contributed by atoms with Crippen LogP contribution in [0.2, 0.25) is 0 Å². The minimum atomic E-state index is -0.918. The molecule has 30 heavy (non-hydrogen) atoms. The number of nitrogens with zero attached hydrogens (tertiary/aromatic N) is 5. The van der Waals surface area contributed by atoms with Crippen molar-refractivity contribution in [3.05, 3.63) is 61.0 Å². The van der Waals surface area contributed by atoms with E-state index in [1.807, 2.05) is 4.90 Å². The molecule has 0 N–H and O–H groups in total. The maximum atomic E-state index is 13.6. The van der Waals surface area contributed by atoms with Gasteiger partial charge >= 0.3 is 11.4 Å². The number of benzene rings is 1. The van der Waals surface area contributed by atoms with Gasteiger partial charge in [0.15, 0.2) is 0 Å². The van der Waals surface area contributed by atoms with Crippen molar-refractivity contribution < 1.29 is 14.1 Å². The van der Waals surface area contributed by atoms with Crippen LogP contribution in [0.25, 0.3) is 0 Å². The van der Waals surface area contributed by atoms with Crippen LogP contribution in [0.4, 0.5) is 15.9 Å². The Labute approximate surface area is 171 Å². The minimum Gasteiger partial charge on any atom is -0.493 e. The molecule has 1 saturated heterocycles. The molecule has 10 nitrogen and oxygen atoms in total. The van der Waals surface area contributed by atoms with Crippen LogP contribution in [-0.4, -0.2) is 58.3 Å². The van der Waals surface area contributed by atoms with E-state index >= 15 is 0 Å². The van der Waals surface area contributed by atoms with Gasteiger partial charge in [0.1, 0.15) is 11.6 Å². The molecule has 0 saturated carbocycles. The fourth-order valence-electron chi connectivity index (χ4n) is 3.43. The number of nitro benzene ring substituents is 1. The summed E-state index contributed by atoms with van der Waals surface area (Å²) in [6.45, 7) is 4.06. The predicted molar refractivity (Wildman–Crippen MR) is 109 cm³/mol. The number of halogens is 1. The fourth-order valence-corrected chi connectivity index (χ4v) is 3.43. The van der Waals surface area contributed by atoms with Crippen LogP contribution >= 0.6 is 0 Å². The quantitative estimate of drug-likeness (QED) is 0.369. The first-order valence-electron chi connectivity index (χ1n) is 9.59. The van der Waals surface area contributed by atoms with Crippen molar-refractivity contribution in [3.8, 4) is 5.75 Å². The summed E-state index contributed by atoms with van der Waals surface area (Å²) in [6, 6.07) is 4.97. The first-order valence-corrected chi connectivity index (χ1v) is 9.59. The van der Waals surface area contributed by atoms with E-state index in [4.69, 9.17) is 4.74 Å². The van der Waals surface area contributed by atoms with Gasteiger partial charge in [0.2, 0.25) is 5.82 Å². The number of ether oxygens (including phenoxy) is 1. The Morgan fingerprint density at radius 2 is 1.80 bits per heavy atom. The second-order valence-electron chi connectivity index (χ2n) is 7.14. The lowest BCUT2D eigenvalue weighted by Crippen LogP contribution is -2.49. The second kappa shape index (κ2) is 9.08. The van der Waals surface area contributed by atoms with E-state index in [-0.39, 0.29) is 17.0 Å². The summed E-state index contributed by atoms with van der Waals surface area (Å²) >= 11 is 0. The third kappa shape index (κ3) is 4.67. The number of aromatic nitrogens is 2. The number of nitro groups is 1. The van der Waals surface area contributed by atoms with Crippen LogP contribution in [0.3, 0.4) is 0 Å². The highest BCUT2D eigenvalue weighted by Crippen LogP contribution is 2.22. The van der Waals surface area contributed by atoms with Crippen molar-refractivity contribution in [2.75, 3.05) is 44.2 Å². The van der Waals surface area contributed by atoms with Crippen molar-refractivity contribution in [1.29, 1.82) is 0 Å². The smallest absolute Gasteiger partial charge is 0.332 e. The van der Waals surface area contributed by atoms with Gasteiger partial charge in [0.05, 0.1) is 11.5 Å². The third-order valence-corrected chi connectivity index (χ3v) is 5.20. The van der Waals surface area contributed by atoms with E-state index in [0.29, 0.717) is 31.9 Å². The summed E-state index contributed by atoms with van der Waals surface area (Å²) in [6.07, 6.45) is 0.711. The SMILES string of the molecule is Cn1c(N2CCN(CCCOc3ccc([N+](=O)[O-])c(F)c3)CC2)cc(=O)n(C)c1=O. The van der Waals surface area contributed by atoms with Gasteiger partial charge in [-0.25, -0.2) is 4.79 Å². The van der Waals surface area contributed by atoms with Gasteiger partial charge in [-0.05, 0) is 12.5 Å². The highest BCUT2D eigenvalue weighted by Gasteiger charge is 2.20. The average Bonchev–Trinajstić information content (AvgIpc) is 2.72. The van der Waals surface area contributed by atoms with Crippen LogP contribution in [0.5, 0.6) is 5.75 Å². The number of anilines is 1. The van der Waals surface area contributed by atoms with Crippen LogP contribution in [0, 0.1) is 15.9 Å². The normalized spacial score (nSPS) is 14.7. The van der Waals surface area contributed by atoms with E-state index < -0.39 is 16.4 Å². The molecular weight excluding hydrogens is 397 g/mol. The Balaban J connectivity index is 1.46. The Bertz CT molecular complexity index is 1040. The molecule has 0 spiro atoms. The first kappa shape index (κ1) is 21.5. The van der Waals surface area contributed by atoms with E-state index in [0.717, 1.165) is 36.3 Å². The second-order valence-corrected chi connectivity index (χ2v) is 7.14. The van der Waals surface area contributed by atoms with Gasteiger partial charge in [0, 0.05) is 65.0 Å². The molecule has 1 aromatic carbocycles. The van der Waals surface area contributed by atoms with Crippen molar-refractivity contribution in [2.24, 2.45) is 14.1 Å². The zero-order valence-corrected chi connectivity index (χ0v) is 16.9. The largest absolute Gasteiger partial charge is 0.493 e. The highest BCUT2D eigenvalue weighted by atomic mass is 19.1. The molecule has 1 aliphatic heterocycles. The van der Waals surface area contributed by atoms with Crippen molar-refractivity contribution >= 4 is 11.5 Å². The minimum absolute atomic E-state index is 0.259. The topological polar surface area (TPSA) is 103 Å². The summed E-state index contributed by atoms with van der Waals surface area (Å²) in [4.78, 5) is 38.2. The van der Waals surface area contributed by atoms with Crippen LogP contribution in [-0.2, 0) is 14.1 Å². The lowest BCUT2D eigenvalue weighted by molar-refractivity contribution is -0.387. The van der Waals surface area contributed by atoms with Crippen molar-refractivity contribution in [3.63, 3.8) is 0 Å². The predicted octanol–water partition coefficient (Wildman–Crippen LogP) is 0.722. The molecular formula is C19H24FN5O5. The lowest BCUT2D eigenvalue weighted by atomic mass is 10.2. The molecule has 1 fully saturated rings. The van der Waals surface area contributed by atoms with Gasteiger partial charge in [-0.3, -0.25) is 28.9 Å². The number of hydrogen-bond acceptors (Lipinski definition) is 7. The van der Waals surface area contributed by atoms with Crippen LogP contribution in [0.1, 0.15) is 6.42 Å². The number of piperazine rings is 1. The van der Waals surface area contributed by atoms with Crippen LogP contribution < -0.4 is 20.9 Å². The Morgan fingerprint density at radius 3 is 2.43 bits per heavy atom. The molecule has 0 atom stereocenters. The molecule has 11 heteroatoms. The summed E-state index contributed by atoms with van der Waals surface area (Å²) in [5.41, 5.74) is -1.25. The summed E-state index contributed by atoms with van der Waals surface area (Å²) in [7, 11) is 3.11. The van der Waals surface area contributed by atoms with E-state index in [1.165, 1.54) is 23.7 Å². The maximum Gasteiger partial charge on any atom is 0.332 e. The van der Waals surface area contributed by atoms with Gasteiger partial charge in [0.25, 0.3) is 5.56 Å². The third-order valence-electron chi connectivity index (χ3n) is 5.20. The maximum absolute atomic E-state index is 13.6. The molecule has 1 aliphatic rings. The fraction of sp³-hybridized carbons (Fsp3) is 0.474. The van der Waals surface area contributed by atoms with Gasteiger partial charge in [-0.15, -0.1) is 0 Å². The molecule has 2 aromatic rings. The lowest BCUT2D eigenvalue weighted by Gasteiger charge is -2.36. The molecule has 2 heterocycles. The van der Waals surface area contributed by atoms with Gasteiger partial charge in [-0.1, -0.05) is 0 Å². The zero-order valence-electron chi connectivity index (χ0n) is 16.9. The van der Waals surface area contributed by atoms with Crippen molar-refractivity contribution in [1.82, 2.24) is 14.0 Å². The van der Waals surface area contributed by atoms with E-state index in [9.17, 15) is 24.1 Å². The van der Waals surface area contributed by atoms with E-state index in [1.54, 1.807) is 7.05 Å². The zero-order chi connectivity index (χ0) is 21.8. The highest BCUT2D eigenvalue weighted by molar-refractivity contribution is 5.39. The first-order chi connectivity index (χ1) is 14.3. The molecule has 0 amide bonds. The number of rotatable bonds is 7. The van der Waals surface area contributed by atoms with Crippen molar-refractivity contribution in [2.45, 2.75) is 6.42 Å². The van der Waals surface area contributed by atoms with E-state index in [2.05, 4.69) is 4.90 Å². The Kier molecular flexibility index (Phi) is 6.50. The number of hydrogen-bond donors (Lipinski definition) is 0. The Hall–Kier alpha value is -3.21. The standard InChI is InChI=1S/C19H24FN5O5/c1-21-17(13-18(26)22(2)19(21)27)24-9-7-23(8-10-24)6-3-11-30-14-4-5-16(25(28)29)15(20)12-14/h4-5,12-13H,3,6-11H2,1-2H3. The summed E-state index contributed by atoms with van der Waals surface area (Å²) in [5.74, 6) is -0.0421.